The van der Waals surface area contributed by atoms with Crippen molar-refractivity contribution in [2.24, 2.45) is 14.1 Å². The van der Waals surface area contributed by atoms with E-state index < -0.39 is 17.1 Å². The molecule has 0 unspecified atom stereocenters. The molecule has 1 atom stereocenters. The Bertz CT molecular complexity index is 1130. The lowest BCUT2D eigenvalue weighted by Crippen LogP contribution is -2.37. The third-order valence-electron chi connectivity index (χ3n) is 4.77. The third-order valence-corrected chi connectivity index (χ3v) is 5.13. The SMILES string of the molecule is CC[C@H](CO)Nc1nc2c(c(=O)n(C)c(=O)n2C)n1Cc1c(F)cccc1Cl. The van der Waals surface area contributed by atoms with E-state index in [2.05, 4.69) is 10.3 Å². The normalized spacial score (nSPS) is 12.5. The van der Waals surface area contributed by atoms with Crippen molar-refractivity contribution in [3.63, 3.8) is 0 Å². The van der Waals surface area contributed by atoms with Gasteiger partial charge in [0.15, 0.2) is 11.2 Å². The molecular formula is C18H21ClFN5O3. The number of benzene rings is 1. The standard InChI is InChI=1S/C18H21ClFN5O3/c1-4-10(9-26)21-17-22-15-14(16(27)24(3)18(28)23(15)2)25(17)8-11-12(19)6-5-7-13(11)20/h5-7,10,26H,4,8-9H2,1-3H3,(H,21,22)/t10-/m1/s1. The number of aryl methyl sites for hydroxylation is 1. The number of aromatic nitrogens is 4. The smallest absolute Gasteiger partial charge is 0.332 e. The van der Waals surface area contributed by atoms with E-state index in [1.807, 2.05) is 6.92 Å². The van der Waals surface area contributed by atoms with Gasteiger partial charge in [0.25, 0.3) is 5.56 Å². The lowest BCUT2D eigenvalue weighted by Gasteiger charge is -2.17. The quantitative estimate of drug-likeness (QED) is 0.642. The van der Waals surface area contributed by atoms with Gasteiger partial charge in [-0.3, -0.25) is 18.5 Å². The highest BCUT2D eigenvalue weighted by Crippen LogP contribution is 2.24. The first kappa shape index (κ1) is 20.1. The van der Waals surface area contributed by atoms with Gasteiger partial charge in [-0.1, -0.05) is 24.6 Å². The fourth-order valence-electron chi connectivity index (χ4n) is 3.01. The molecule has 0 spiro atoms. The lowest BCUT2D eigenvalue weighted by molar-refractivity contribution is 0.271. The van der Waals surface area contributed by atoms with Gasteiger partial charge in [0.05, 0.1) is 19.2 Å². The summed E-state index contributed by atoms with van der Waals surface area (Å²) in [6.07, 6.45) is 0.594. The van der Waals surface area contributed by atoms with Crippen molar-refractivity contribution in [3.8, 4) is 0 Å². The summed E-state index contributed by atoms with van der Waals surface area (Å²) in [5, 5.41) is 12.8. The average Bonchev–Trinajstić information content (AvgIpc) is 3.03. The van der Waals surface area contributed by atoms with Crippen LogP contribution >= 0.6 is 11.6 Å². The molecule has 0 aliphatic rings. The summed E-state index contributed by atoms with van der Waals surface area (Å²) in [5.41, 5.74) is -0.579. The largest absolute Gasteiger partial charge is 0.394 e. The maximum Gasteiger partial charge on any atom is 0.332 e. The molecule has 150 valence electrons. The molecule has 10 heteroatoms. The number of halogens is 2. The first-order valence-electron chi connectivity index (χ1n) is 8.76. The van der Waals surface area contributed by atoms with Crippen LogP contribution < -0.4 is 16.6 Å². The Kier molecular flexibility index (Phi) is 5.57. The summed E-state index contributed by atoms with van der Waals surface area (Å²) >= 11 is 6.17. The van der Waals surface area contributed by atoms with Gasteiger partial charge in [-0.05, 0) is 18.6 Å². The van der Waals surface area contributed by atoms with Gasteiger partial charge in [0.2, 0.25) is 5.95 Å². The second kappa shape index (κ2) is 7.76. The number of nitrogens with one attached hydrogen (secondary N) is 1. The summed E-state index contributed by atoms with van der Waals surface area (Å²) in [4.78, 5) is 29.5. The Morgan fingerprint density at radius 2 is 2.00 bits per heavy atom. The van der Waals surface area contributed by atoms with Gasteiger partial charge >= 0.3 is 5.69 Å². The number of fused-ring (bicyclic) bond motifs is 1. The van der Waals surface area contributed by atoms with Crippen LogP contribution in [0.25, 0.3) is 11.2 Å². The number of hydrogen-bond donors (Lipinski definition) is 2. The number of imidazole rings is 1. The zero-order valence-electron chi connectivity index (χ0n) is 15.7. The van der Waals surface area contributed by atoms with E-state index in [-0.39, 0.29) is 46.9 Å². The second-order valence-corrected chi connectivity index (χ2v) is 6.94. The molecule has 2 heterocycles. The van der Waals surface area contributed by atoms with E-state index >= 15 is 0 Å². The molecule has 2 N–H and O–H groups in total. The molecular weight excluding hydrogens is 389 g/mol. The maximum absolute atomic E-state index is 14.4. The number of hydrogen-bond acceptors (Lipinski definition) is 5. The van der Waals surface area contributed by atoms with Crippen LogP contribution in [-0.2, 0) is 20.6 Å². The van der Waals surface area contributed by atoms with Crippen LogP contribution in [0, 0.1) is 5.82 Å². The number of anilines is 1. The summed E-state index contributed by atoms with van der Waals surface area (Å²) < 4.78 is 18.1. The molecule has 0 fully saturated rings. The first-order chi connectivity index (χ1) is 13.3. The van der Waals surface area contributed by atoms with Crippen LogP contribution in [0.5, 0.6) is 0 Å². The van der Waals surface area contributed by atoms with Crippen molar-refractivity contribution in [2.45, 2.75) is 25.9 Å². The molecule has 0 radical (unpaired) electrons. The number of rotatable bonds is 6. The molecule has 3 rings (SSSR count). The predicted octanol–water partition coefficient (Wildman–Crippen LogP) is 1.46. The first-order valence-corrected chi connectivity index (χ1v) is 9.14. The average molecular weight is 410 g/mol. The highest BCUT2D eigenvalue weighted by Gasteiger charge is 2.22. The molecule has 3 aromatic rings. The van der Waals surface area contributed by atoms with Gasteiger partial charge < -0.3 is 10.4 Å². The van der Waals surface area contributed by atoms with E-state index in [9.17, 15) is 19.1 Å². The van der Waals surface area contributed by atoms with Crippen LogP contribution in [0.2, 0.25) is 5.02 Å². The van der Waals surface area contributed by atoms with Crippen LogP contribution in [0.4, 0.5) is 10.3 Å². The van der Waals surface area contributed by atoms with E-state index in [0.717, 1.165) is 4.57 Å². The van der Waals surface area contributed by atoms with Crippen LogP contribution in [0.1, 0.15) is 18.9 Å². The minimum absolute atomic E-state index is 0.0698. The summed E-state index contributed by atoms with van der Waals surface area (Å²) in [6.45, 7) is 1.65. The van der Waals surface area contributed by atoms with E-state index in [0.29, 0.717) is 6.42 Å². The predicted molar refractivity (Wildman–Crippen MR) is 106 cm³/mol. The van der Waals surface area contributed by atoms with Crippen molar-refractivity contribution in [1.29, 1.82) is 0 Å². The highest BCUT2D eigenvalue weighted by molar-refractivity contribution is 6.31. The number of aliphatic hydroxyl groups excluding tert-OH is 1. The number of aliphatic hydroxyl groups is 1. The van der Waals surface area contributed by atoms with Crippen LogP contribution in [0.3, 0.4) is 0 Å². The zero-order chi connectivity index (χ0) is 20.6. The molecule has 0 aliphatic carbocycles. The van der Waals surface area contributed by atoms with E-state index in [1.54, 1.807) is 6.07 Å². The zero-order valence-corrected chi connectivity index (χ0v) is 16.5. The molecule has 8 nitrogen and oxygen atoms in total. The topological polar surface area (TPSA) is 94.1 Å². The van der Waals surface area contributed by atoms with Crippen molar-refractivity contribution >= 4 is 28.7 Å². The van der Waals surface area contributed by atoms with Crippen molar-refractivity contribution in [3.05, 3.63) is 55.4 Å². The minimum Gasteiger partial charge on any atom is -0.394 e. The number of nitrogens with zero attached hydrogens (tertiary/aromatic N) is 4. The van der Waals surface area contributed by atoms with E-state index in [4.69, 9.17) is 11.6 Å². The third kappa shape index (κ3) is 3.31. The van der Waals surface area contributed by atoms with Crippen molar-refractivity contribution in [1.82, 2.24) is 18.7 Å². The van der Waals surface area contributed by atoms with Gasteiger partial charge in [-0.15, -0.1) is 0 Å². The van der Waals surface area contributed by atoms with Crippen molar-refractivity contribution in [2.75, 3.05) is 11.9 Å². The summed E-state index contributed by atoms with van der Waals surface area (Å²) in [6, 6.07) is 4.01. The maximum atomic E-state index is 14.4. The van der Waals surface area contributed by atoms with Gasteiger partial charge in [0, 0.05) is 24.7 Å². The Hall–Kier alpha value is -2.65. The van der Waals surface area contributed by atoms with Crippen molar-refractivity contribution < 1.29 is 9.50 Å². The van der Waals surface area contributed by atoms with Crippen LogP contribution in [0.15, 0.2) is 27.8 Å². The Morgan fingerprint density at radius 1 is 1.29 bits per heavy atom. The monoisotopic (exact) mass is 409 g/mol. The van der Waals surface area contributed by atoms with Gasteiger partial charge in [-0.25, -0.2) is 9.18 Å². The molecule has 0 bridgehead atoms. The minimum atomic E-state index is -0.553. The molecule has 2 aromatic heterocycles. The fraction of sp³-hybridized carbons (Fsp3) is 0.389. The lowest BCUT2D eigenvalue weighted by atomic mass is 10.2. The Labute approximate surface area is 164 Å². The molecule has 1 aromatic carbocycles. The molecule has 0 aliphatic heterocycles. The Balaban J connectivity index is 2.31. The van der Waals surface area contributed by atoms with Crippen LogP contribution in [-0.4, -0.2) is 36.4 Å². The second-order valence-electron chi connectivity index (χ2n) is 6.53. The Morgan fingerprint density at radius 3 is 2.61 bits per heavy atom. The molecule has 0 saturated heterocycles. The van der Waals surface area contributed by atoms with Gasteiger partial charge in [0.1, 0.15) is 5.82 Å². The molecule has 0 saturated carbocycles. The highest BCUT2D eigenvalue weighted by atomic mass is 35.5. The van der Waals surface area contributed by atoms with Gasteiger partial charge in [-0.2, -0.15) is 4.98 Å². The molecule has 0 amide bonds. The van der Waals surface area contributed by atoms with E-state index in [1.165, 1.54) is 35.4 Å². The summed E-state index contributed by atoms with van der Waals surface area (Å²) in [5.74, 6) is -0.273. The summed E-state index contributed by atoms with van der Waals surface area (Å²) in [7, 11) is 2.87. The fourth-order valence-corrected chi connectivity index (χ4v) is 3.23. The molecule has 28 heavy (non-hydrogen) atoms.